The third-order valence-corrected chi connectivity index (χ3v) is 3.67. The first-order valence-corrected chi connectivity index (χ1v) is 6.00. The highest BCUT2D eigenvalue weighted by Crippen LogP contribution is 2.41. The summed E-state index contributed by atoms with van der Waals surface area (Å²) in [5, 5.41) is 9.78. The van der Waals surface area contributed by atoms with E-state index in [0.717, 1.165) is 25.0 Å². The zero-order valence-corrected chi connectivity index (χ0v) is 9.97. The fraction of sp³-hybridized carbons (Fsp3) is 0.667. The van der Waals surface area contributed by atoms with Gasteiger partial charge >= 0.3 is 0 Å². The molecule has 1 aliphatic carbocycles. The number of rotatable bonds is 3. The summed E-state index contributed by atoms with van der Waals surface area (Å²) in [6, 6.07) is 1.86. The van der Waals surface area contributed by atoms with Crippen LogP contribution in [-0.4, -0.2) is 16.1 Å². The number of aromatic nitrogens is 2. The third kappa shape index (κ3) is 1.96. The van der Waals surface area contributed by atoms with Crippen LogP contribution in [0.15, 0.2) is 6.07 Å². The van der Waals surface area contributed by atoms with Gasteiger partial charge in [-0.25, -0.2) is 0 Å². The molecular formula is C12H19N3O. The number of amides is 1. The van der Waals surface area contributed by atoms with Gasteiger partial charge in [-0.2, -0.15) is 5.10 Å². The highest BCUT2D eigenvalue weighted by molar-refractivity contribution is 5.94. The Morgan fingerprint density at radius 3 is 2.75 bits per heavy atom. The van der Waals surface area contributed by atoms with E-state index in [0.29, 0.717) is 5.82 Å². The van der Waals surface area contributed by atoms with Crippen LogP contribution >= 0.6 is 0 Å². The maximum Gasteiger partial charge on any atom is 0.231 e. The first-order valence-electron chi connectivity index (χ1n) is 6.00. The quantitative estimate of drug-likeness (QED) is 0.824. The van der Waals surface area contributed by atoms with Crippen LogP contribution in [0.3, 0.4) is 0 Å². The Morgan fingerprint density at radius 1 is 1.56 bits per heavy atom. The van der Waals surface area contributed by atoms with E-state index in [4.69, 9.17) is 0 Å². The topological polar surface area (TPSA) is 57.8 Å². The van der Waals surface area contributed by atoms with Gasteiger partial charge in [-0.15, -0.1) is 0 Å². The molecule has 88 valence electrons. The van der Waals surface area contributed by atoms with Crippen LogP contribution in [0.25, 0.3) is 0 Å². The van der Waals surface area contributed by atoms with Crippen molar-refractivity contribution in [2.45, 2.75) is 46.0 Å². The molecular weight excluding hydrogens is 202 g/mol. The molecule has 16 heavy (non-hydrogen) atoms. The highest BCUT2D eigenvalue weighted by atomic mass is 16.2. The molecule has 0 aliphatic heterocycles. The van der Waals surface area contributed by atoms with Gasteiger partial charge in [-0.3, -0.25) is 9.89 Å². The smallest absolute Gasteiger partial charge is 0.231 e. The monoisotopic (exact) mass is 221 g/mol. The van der Waals surface area contributed by atoms with Crippen molar-refractivity contribution in [2.24, 2.45) is 5.41 Å². The van der Waals surface area contributed by atoms with E-state index >= 15 is 0 Å². The number of carbonyl (C=O) groups excluding carboxylic acids is 1. The molecule has 1 fully saturated rings. The van der Waals surface area contributed by atoms with Crippen molar-refractivity contribution in [2.75, 3.05) is 5.32 Å². The van der Waals surface area contributed by atoms with E-state index in [2.05, 4.69) is 22.4 Å². The second-order valence-corrected chi connectivity index (χ2v) is 4.73. The Labute approximate surface area is 95.8 Å². The molecule has 0 atom stereocenters. The second-order valence-electron chi connectivity index (χ2n) is 4.73. The van der Waals surface area contributed by atoms with Crippen LogP contribution in [0.2, 0.25) is 0 Å². The van der Waals surface area contributed by atoms with Crippen molar-refractivity contribution in [3.05, 3.63) is 11.8 Å². The average molecular weight is 221 g/mol. The summed E-state index contributed by atoms with van der Waals surface area (Å²) in [7, 11) is 0. The first-order chi connectivity index (χ1) is 7.66. The minimum Gasteiger partial charge on any atom is -0.309 e. The summed E-state index contributed by atoms with van der Waals surface area (Å²) in [6.07, 6.45) is 5.28. The van der Waals surface area contributed by atoms with Crippen molar-refractivity contribution in [3.8, 4) is 0 Å². The fourth-order valence-corrected chi connectivity index (χ4v) is 2.52. The molecule has 0 radical (unpaired) electrons. The number of hydrogen-bond acceptors (Lipinski definition) is 2. The zero-order valence-electron chi connectivity index (χ0n) is 9.97. The second kappa shape index (κ2) is 4.28. The largest absolute Gasteiger partial charge is 0.309 e. The van der Waals surface area contributed by atoms with Gasteiger partial charge in [0.2, 0.25) is 5.91 Å². The Kier molecular flexibility index (Phi) is 2.99. The molecule has 0 unspecified atom stereocenters. The highest BCUT2D eigenvalue weighted by Gasteiger charge is 2.39. The van der Waals surface area contributed by atoms with Gasteiger partial charge in [0.05, 0.1) is 0 Å². The van der Waals surface area contributed by atoms with Crippen LogP contribution in [0.4, 0.5) is 5.82 Å². The van der Waals surface area contributed by atoms with E-state index < -0.39 is 0 Å². The number of anilines is 1. The Bertz CT molecular complexity index is 377. The SMILES string of the molecule is CCC1(C(=O)Nc2cc(C)[nH]n2)CCCC1. The summed E-state index contributed by atoms with van der Waals surface area (Å²) in [4.78, 5) is 12.2. The third-order valence-electron chi connectivity index (χ3n) is 3.67. The van der Waals surface area contributed by atoms with Crippen LogP contribution in [0.5, 0.6) is 0 Å². The molecule has 1 saturated carbocycles. The van der Waals surface area contributed by atoms with Crippen LogP contribution in [0, 0.1) is 12.3 Å². The minimum atomic E-state index is -0.146. The molecule has 4 nitrogen and oxygen atoms in total. The molecule has 1 aromatic rings. The standard InChI is InChI=1S/C12H19N3O/c1-3-12(6-4-5-7-12)11(16)13-10-8-9(2)14-15-10/h8H,3-7H2,1-2H3,(H2,13,14,15,16). The first kappa shape index (κ1) is 11.2. The number of hydrogen-bond donors (Lipinski definition) is 2. The van der Waals surface area contributed by atoms with E-state index in [-0.39, 0.29) is 11.3 Å². The molecule has 0 saturated heterocycles. The predicted molar refractivity (Wildman–Crippen MR) is 63.1 cm³/mol. The average Bonchev–Trinajstić information content (AvgIpc) is 2.88. The van der Waals surface area contributed by atoms with Gasteiger partial charge in [0.1, 0.15) is 0 Å². The molecule has 0 bridgehead atoms. The molecule has 0 spiro atoms. The Balaban J connectivity index is 2.07. The lowest BCUT2D eigenvalue weighted by Crippen LogP contribution is -2.33. The van der Waals surface area contributed by atoms with Crippen molar-refractivity contribution in [1.29, 1.82) is 0 Å². The lowest BCUT2D eigenvalue weighted by molar-refractivity contribution is -0.125. The summed E-state index contributed by atoms with van der Waals surface area (Å²) in [6.45, 7) is 4.02. The number of nitrogens with zero attached hydrogens (tertiary/aromatic N) is 1. The maximum absolute atomic E-state index is 12.2. The van der Waals surface area contributed by atoms with Crippen LogP contribution in [-0.2, 0) is 4.79 Å². The predicted octanol–water partition coefficient (Wildman–Crippen LogP) is 2.63. The molecule has 1 aromatic heterocycles. The van der Waals surface area contributed by atoms with Gasteiger partial charge in [0.25, 0.3) is 0 Å². The van der Waals surface area contributed by atoms with Crippen molar-refractivity contribution in [3.63, 3.8) is 0 Å². The molecule has 1 heterocycles. The molecule has 2 N–H and O–H groups in total. The zero-order chi connectivity index (χ0) is 11.6. The Hall–Kier alpha value is -1.32. The Morgan fingerprint density at radius 2 is 2.25 bits per heavy atom. The van der Waals surface area contributed by atoms with Gasteiger partial charge in [0, 0.05) is 17.2 Å². The van der Waals surface area contributed by atoms with Crippen molar-refractivity contribution < 1.29 is 4.79 Å². The summed E-state index contributed by atoms with van der Waals surface area (Å²) >= 11 is 0. The normalized spacial score (nSPS) is 18.6. The maximum atomic E-state index is 12.2. The van der Waals surface area contributed by atoms with Crippen LogP contribution < -0.4 is 5.32 Å². The van der Waals surface area contributed by atoms with Gasteiger partial charge < -0.3 is 5.32 Å². The van der Waals surface area contributed by atoms with Crippen molar-refractivity contribution in [1.82, 2.24) is 10.2 Å². The lowest BCUT2D eigenvalue weighted by Gasteiger charge is -2.25. The van der Waals surface area contributed by atoms with Gasteiger partial charge in [-0.05, 0) is 26.2 Å². The molecule has 0 aromatic carbocycles. The fourth-order valence-electron chi connectivity index (χ4n) is 2.52. The number of nitrogens with one attached hydrogen (secondary N) is 2. The van der Waals surface area contributed by atoms with Crippen molar-refractivity contribution >= 4 is 11.7 Å². The van der Waals surface area contributed by atoms with Gasteiger partial charge in [0.15, 0.2) is 5.82 Å². The van der Waals surface area contributed by atoms with E-state index in [1.807, 2.05) is 13.0 Å². The molecule has 4 heteroatoms. The van der Waals surface area contributed by atoms with E-state index in [1.54, 1.807) is 0 Å². The summed E-state index contributed by atoms with van der Waals surface area (Å²) < 4.78 is 0. The molecule has 1 aliphatic rings. The number of H-pyrrole nitrogens is 1. The molecule has 1 amide bonds. The summed E-state index contributed by atoms with van der Waals surface area (Å²) in [5.74, 6) is 0.779. The number of aryl methyl sites for hydroxylation is 1. The minimum absolute atomic E-state index is 0.138. The molecule has 2 rings (SSSR count). The van der Waals surface area contributed by atoms with E-state index in [9.17, 15) is 4.79 Å². The van der Waals surface area contributed by atoms with E-state index in [1.165, 1.54) is 12.8 Å². The number of aromatic amines is 1. The van der Waals surface area contributed by atoms with Gasteiger partial charge in [-0.1, -0.05) is 19.8 Å². The lowest BCUT2D eigenvalue weighted by atomic mass is 9.82. The summed E-state index contributed by atoms with van der Waals surface area (Å²) in [5.41, 5.74) is 0.819. The number of carbonyl (C=O) groups is 1. The van der Waals surface area contributed by atoms with Crippen LogP contribution in [0.1, 0.15) is 44.7 Å².